The number of rotatable bonds is 5. The van der Waals surface area contributed by atoms with Crippen molar-refractivity contribution in [2.75, 3.05) is 37.5 Å². The SMILES string of the molecule is COc1ccccc1NC(=O)NCC(O)c1ccc2c(c1)CCN2C. The number of ether oxygens (including phenoxy) is 1. The van der Waals surface area contributed by atoms with Crippen LogP contribution in [0.1, 0.15) is 17.2 Å². The number of anilines is 2. The first kappa shape index (κ1) is 17.1. The second kappa shape index (κ2) is 7.44. The molecule has 3 rings (SSSR count). The summed E-state index contributed by atoms with van der Waals surface area (Å²) in [6.07, 6.45) is 0.230. The number of fused-ring (bicyclic) bond motifs is 1. The van der Waals surface area contributed by atoms with E-state index in [0.717, 1.165) is 18.5 Å². The number of likely N-dealkylation sites (N-methyl/N-ethyl adjacent to an activating group) is 1. The van der Waals surface area contributed by atoms with Gasteiger partial charge in [-0.25, -0.2) is 4.79 Å². The average Bonchev–Trinajstić information content (AvgIpc) is 3.00. The third kappa shape index (κ3) is 3.85. The van der Waals surface area contributed by atoms with E-state index in [0.29, 0.717) is 11.4 Å². The molecule has 1 heterocycles. The quantitative estimate of drug-likeness (QED) is 0.781. The van der Waals surface area contributed by atoms with Gasteiger partial charge in [0.25, 0.3) is 0 Å². The largest absolute Gasteiger partial charge is 0.495 e. The number of hydrogen-bond acceptors (Lipinski definition) is 4. The summed E-state index contributed by atoms with van der Waals surface area (Å²) in [5.74, 6) is 0.584. The van der Waals surface area contributed by atoms with Crippen LogP contribution in [0, 0.1) is 0 Å². The number of aliphatic hydroxyl groups excluding tert-OH is 1. The molecule has 0 spiro atoms. The molecule has 0 aliphatic carbocycles. The second-order valence-corrected chi connectivity index (χ2v) is 6.11. The van der Waals surface area contributed by atoms with Crippen LogP contribution in [0.5, 0.6) is 5.75 Å². The zero-order chi connectivity index (χ0) is 17.8. The van der Waals surface area contributed by atoms with Gasteiger partial charge >= 0.3 is 6.03 Å². The van der Waals surface area contributed by atoms with E-state index >= 15 is 0 Å². The Hall–Kier alpha value is -2.73. The van der Waals surface area contributed by atoms with Crippen LogP contribution in [-0.4, -0.2) is 38.4 Å². The lowest BCUT2D eigenvalue weighted by Crippen LogP contribution is -2.32. The number of benzene rings is 2. The van der Waals surface area contributed by atoms with Crippen molar-refractivity contribution in [3.8, 4) is 5.75 Å². The van der Waals surface area contributed by atoms with Gasteiger partial charge in [0.15, 0.2) is 0 Å². The molecule has 0 bridgehead atoms. The molecule has 6 nitrogen and oxygen atoms in total. The van der Waals surface area contributed by atoms with E-state index in [1.165, 1.54) is 11.3 Å². The summed E-state index contributed by atoms with van der Waals surface area (Å²) in [5, 5.41) is 15.8. The van der Waals surface area contributed by atoms with Crippen molar-refractivity contribution in [2.45, 2.75) is 12.5 Å². The number of nitrogens with one attached hydrogen (secondary N) is 2. The molecule has 0 saturated carbocycles. The third-order valence-corrected chi connectivity index (χ3v) is 4.43. The molecule has 6 heteroatoms. The number of aliphatic hydroxyl groups is 1. The van der Waals surface area contributed by atoms with Crippen LogP contribution in [0.25, 0.3) is 0 Å². The van der Waals surface area contributed by atoms with Gasteiger partial charge in [0, 0.05) is 25.8 Å². The first-order valence-corrected chi connectivity index (χ1v) is 8.28. The highest BCUT2D eigenvalue weighted by molar-refractivity contribution is 5.90. The Balaban J connectivity index is 1.57. The van der Waals surface area contributed by atoms with Crippen LogP contribution in [0.15, 0.2) is 42.5 Å². The van der Waals surface area contributed by atoms with Crippen molar-refractivity contribution >= 4 is 17.4 Å². The summed E-state index contributed by atoms with van der Waals surface area (Å²) >= 11 is 0. The Morgan fingerprint density at radius 3 is 2.92 bits per heavy atom. The Bertz CT molecular complexity index is 763. The van der Waals surface area contributed by atoms with Crippen molar-refractivity contribution in [3.63, 3.8) is 0 Å². The first-order valence-electron chi connectivity index (χ1n) is 8.28. The molecular weight excluding hydrogens is 318 g/mol. The van der Waals surface area contributed by atoms with Crippen molar-refractivity contribution in [1.29, 1.82) is 0 Å². The zero-order valence-electron chi connectivity index (χ0n) is 14.5. The van der Waals surface area contributed by atoms with Crippen molar-refractivity contribution in [3.05, 3.63) is 53.6 Å². The number of nitrogens with zero attached hydrogens (tertiary/aromatic N) is 1. The summed E-state index contributed by atoms with van der Waals surface area (Å²) in [5.41, 5.74) is 3.83. The van der Waals surface area contributed by atoms with Crippen LogP contribution in [0.3, 0.4) is 0 Å². The number of amides is 2. The number of methoxy groups -OCH3 is 1. The highest BCUT2D eigenvalue weighted by Crippen LogP contribution is 2.29. The highest BCUT2D eigenvalue weighted by atomic mass is 16.5. The van der Waals surface area contributed by atoms with Crippen molar-refractivity contribution in [2.24, 2.45) is 0 Å². The standard InChI is InChI=1S/C19H23N3O3/c1-22-10-9-13-11-14(7-8-16(13)22)17(23)12-20-19(24)21-15-5-3-4-6-18(15)25-2/h3-8,11,17,23H,9-10,12H2,1-2H3,(H2,20,21,24). The van der Waals surface area contributed by atoms with Crippen molar-refractivity contribution < 1.29 is 14.6 Å². The van der Waals surface area contributed by atoms with Crippen LogP contribution in [0.4, 0.5) is 16.2 Å². The molecule has 132 valence electrons. The number of carbonyl (C=O) groups is 1. The molecule has 0 aromatic heterocycles. The van der Waals surface area contributed by atoms with E-state index in [1.807, 2.05) is 30.3 Å². The molecule has 2 aromatic rings. The van der Waals surface area contributed by atoms with Crippen LogP contribution in [0.2, 0.25) is 0 Å². The molecule has 1 aliphatic rings. The van der Waals surface area contributed by atoms with E-state index in [1.54, 1.807) is 19.2 Å². The normalized spacial score (nSPS) is 14.0. The van der Waals surface area contributed by atoms with Gasteiger partial charge in [0.2, 0.25) is 0 Å². The molecule has 0 radical (unpaired) electrons. The molecule has 2 aromatic carbocycles. The molecule has 1 unspecified atom stereocenters. The number of para-hydroxylation sites is 2. The van der Waals surface area contributed by atoms with Gasteiger partial charge in [-0.3, -0.25) is 0 Å². The van der Waals surface area contributed by atoms with Crippen LogP contribution in [-0.2, 0) is 6.42 Å². The van der Waals surface area contributed by atoms with Gasteiger partial charge in [-0.2, -0.15) is 0 Å². The average molecular weight is 341 g/mol. The van der Waals surface area contributed by atoms with E-state index in [-0.39, 0.29) is 12.6 Å². The van der Waals surface area contributed by atoms with Gasteiger partial charge in [0.1, 0.15) is 5.75 Å². The fourth-order valence-electron chi connectivity index (χ4n) is 3.02. The van der Waals surface area contributed by atoms with Gasteiger partial charge in [-0.15, -0.1) is 0 Å². The summed E-state index contributed by atoms with van der Waals surface area (Å²) < 4.78 is 5.20. The Labute approximate surface area is 147 Å². The van der Waals surface area contributed by atoms with E-state index in [9.17, 15) is 9.90 Å². The fourth-order valence-corrected chi connectivity index (χ4v) is 3.02. The van der Waals surface area contributed by atoms with Gasteiger partial charge in [0.05, 0.1) is 18.9 Å². The molecule has 25 heavy (non-hydrogen) atoms. The molecule has 1 atom stereocenters. The minimum absolute atomic E-state index is 0.135. The minimum atomic E-state index is -0.750. The molecule has 0 saturated heterocycles. The van der Waals surface area contributed by atoms with E-state index in [4.69, 9.17) is 4.74 Å². The van der Waals surface area contributed by atoms with E-state index < -0.39 is 6.10 Å². The molecule has 0 fully saturated rings. The van der Waals surface area contributed by atoms with E-state index in [2.05, 4.69) is 22.6 Å². The number of hydrogen-bond donors (Lipinski definition) is 3. The predicted octanol–water partition coefficient (Wildman–Crippen LogP) is 2.54. The maximum atomic E-state index is 12.1. The van der Waals surface area contributed by atoms with Gasteiger partial charge < -0.3 is 25.4 Å². The maximum absolute atomic E-state index is 12.1. The topological polar surface area (TPSA) is 73.8 Å². The van der Waals surface area contributed by atoms with Gasteiger partial charge in [-0.05, 0) is 35.7 Å². The predicted molar refractivity (Wildman–Crippen MR) is 98.4 cm³/mol. The van der Waals surface area contributed by atoms with Crippen LogP contribution < -0.4 is 20.3 Å². The third-order valence-electron chi connectivity index (χ3n) is 4.43. The zero-order valence-corrected chi connectivity index (χ0v) is 14.5. The molecule has 2 amide bonds. The second-order valence-electron chi connectivity index (χ2n) is 6.11. The highest BCUT2D eigenvalue weighted by Gasteiger charge is 2.18. The Morgan fingerprint density at radius 2 is 2.12 bits per heavy atom. The Morgan fingerprint density at radius 1 is 1.32 bits per heavy atom. The minimum Gasteiger partial charge on any atom is -0.495 e. The summed E-state index contributed by atoms with van der Waals surface area (Å²) in [7, 11) is 3.61. The summed E-state index contributed by atoms with van der Waals surface area (Å²) in [4.78, 5) is 14.2. The number of carbonyl (C=O) groups excluding carboxylic acids is 1. The molecular formula is C19H23N3O3. The van der Waals surface area contributed by atoms with Gasteiger partial charge in [-0.1, -0.05) is 24.3 Å². The summed E-state index contributed by atoms with van der Waals surface area (Å²) in [6.45, 7) is 1.13. The molecule has 3 N–H and O–H groups in total. The van der Waals surface area contributed by atoms with Crippen LogP contribution >= 0.6 is 0 Å². The smallest absolute Gasteiger partial charge is 0.319 e. The molecule has 1 aliphatic heterocycles. The van der Waals surface area contributed by atoms with Crippen molar-refractivity contribution in [1.82, 2.24) is 5.32 Å². The fraction of sp³-hybridized carbons (Fsp3) is 0.316. The lowest BCUT2D eigenvalue weighted by Gasteiger charge is -2.16. The monoisotopic (exact) mass is 341 g/mol. The lowest BCUT2D eigenvalue weighted by molar-refractivity contribution is 0.175. The maximum Gasteiger partial charge on any atom is 0.319 e. The number of urea groups is 1. The first-order chi connectivity index (χ1) is 12.1. The lowest BCUT2D eigenvalue weighted by atomic mass is 10.0. The Kier molecular flexibility index (Phi) is 5.09. The summed E-state index contributed by atoms with van der Waals surface area (Å²) in [6, 6.07) is 12.7.